The van der Waals surface area contributed by atoms with Crippen LogP contribution < -0.4 is 0 Å². The average Bonchev–Trinajstić information content (AvgIpc) is 2.14. The predicted molar refractivity (Wildman–Crippen MR) is 36.3 cm³/mol. The highest BCUT2D eigenvalue weighted by molar-refractivity contribution is 5.81. The van der Waals surface area contributed by atoms with Gasteiger partial charge in [-0.25, -0.2) is 0 Å². The fourth-order valence-corrected chi connectivity index (χ4v) is 0.818. The first-order chi connectivity index (χ1) is 3.83. The molecule has 0 aromatic carbocycles. The van der Waals surface area contributed by atoms with E-state index in [1.807, 2.05) is 6.21 Å². The Morgan fingerprint density at radius 2 is 2.50 bits per heavy atom. The third kappa shape index (κ3) is 0.971. The Hall–Kier alpha value is -0.590. The Kier molecular flexibility index (Phi) is 1.47. The number of rotatable bonds is 1. The second-order valence-electron chi connectivity index (χ2n) is 2.11. The molecule has 0 spiro atoms. The molecule has 1 aliphatic heterocycles. The van der Waals surface area contributed by atoms with Crippen LogP contribution in [0.3, 0.4) is 0 Å². The molecule has 0 aliphatic carbocycles. The molecule has 0 aromatic rings. The third-order valence-corrected chi connectivity index (χ3v) is 1.34. The molecule has 0 saturated carbocycles. The molecule has 0 bridgehead atoms. The lowest BCUT2D eigenvalue weighted by Crippen LogP contribution is -1.83. The Morgan fingerprint density at radius 3 is 2.75 bits per heavy atom. The maximum atomic E-state index is 4.17. The molecule has 0 radical (unpaired) electrons. The highest BCUT2D eigenvalue weighted by atomic mass is 14.8. The molecule has 0 fully saturated rings. The van der Waals surface area contributed by atoms with E-state index in [9.17, 15) is 0 Å². The maximum absolute atomic E-state index is 4.17. The zero-order valence-corrected chi connectivity index (χ0v) is 5.39. The minimum absolute atomic E-state index is 0.435. The highest BCUT2D eigenvalue weighted by Gasteiger charge is 2.01. The van der Waals surface area contributed by atoms with Crippen molar-refractivity contribution in [3.8, 4) is 0 Å². The van der Waals surface area contributed by atoms with E-state index in [1.165, 1.54) is 5.57 Å². The van der Waals surface area contributed by atoms with Gasteiger partial charge in [0.25, 0.3) is 0 Å². The molecule has 1 atom stereocenters. The van der Waals surface area contributed by atoms with Gasteiger partial charge in [0.2, 0.25) is 0 Å². The first-order valence-electron chi connectivity index (χ1n) is 3.07. The molecule has 8 heavy (non-hydrogen) atoms. The lowest BCUT2D eigenvalue weighted by atomic mass is 10.2. The van der Waals surface area contributed by atoms with Crippen LogP contribution in [0.5, 0.6) is 0 Å². The lowest BCUT2D eigenvalue weighted by Gasteiger charge is -1.87. The largest absolute Gasteiger partial charge is 0.286 e. The molecule has 0 saturated heterocycles. The van der Waals surface area contributed by atoms with E-state index < -0.39 is 0 Å². The minimum atomic E-state index is 0.435. The van der Waals surface area contributed by atoms with Crippen LogP contribution in [0.4, 0.5) is 0 Å². The Balaban J connectivity index is 2.58. The summed E-state index contributed by atoms with van der Waals surface area (Å²) in [5.41, 5.74) is 1.37. The van der Waals surface area contributed by atoms with Crippen molar-refractivity contribution in [1.29, 1.82) is 0 Å². The molecule has 1 nitrogen and oxygen atoms in total. The summed E-state index contributed by atoms with van der Waals surface area (Å²) in [6, 6.07) is 0.435. The van der Waals surface area contributed by atoms with Gasteiger partial charge in [0.1, 0.15) is 0 Å². The van der Waals surface area contributed by atoms with Gasteiger partial charge in [0.15, 0.2) is 0 Å². The van der Waals surface area contributed by atoms with E-state index in [2.05, 4.69) is 24.9 Å². The van der Waals surface area contributed by atoms with Gasteiger partial charge in [-0.2, -0.15) is 0 Å². The summed E-state index contributed by atoms with van der Waals surface area (Å²) in [5, 5.41) is 0. The summed E-state index contributed by atoms with van der Waals surface area (Å²) in [4.78, 5) is 4.17. The maximum Gasteiger partial charge on any atom is 0.0657 e. The highest BCUT2D eigenvalue weighted by Crippen LogP contribution is 2.08. The van der Waals surface area contributed by atoms with Crippen LogP contribution in [-0.4, -0.2) is 12.3 Å². The third-order valence-electron chi connectivity index (χ3n) is 1.34. The van der Waals surface area contributed by atoms with Crippen molar-refractivity contribution in [2.75, 3.05) is 0 Å². The van der Waals surface area contributed by atoms with Crippen LogP contribution in [0.15, 0.2) is 16.6 Å². The first-order valence-corrected chi connectivity index (χ1v) is 3.07. The van der Waals surface area contributed by atoms with Crippen molar-refractivity contribution in [2.45, 2.75) is 26.3 Å². The topological polar surface area (TPSA) is 12.4 Å². The van der Waals surface area contributed by atoms with E-state index in [0.717, 1.165) is 6.42 Å². The number of nitrogens with zero attached hydrogens (tertiary/aromatic N) is 1. The fraction of sp³-hybridized carbons (Fsp3) is 0.571. The molecular weight excluding hydrogens is 98.1 g/mol. The Bertz CT molecular complexity index is 133. The summed E-state index contributed by atoms with van der Waals surface area (Å²) in [5.74, 6) is 0. The molecule has 1 heterocycles. The quantitative estimate of drug-likeness (QED) is 0.487. The van der Waals surface area contributed by atoms with Crippen molar-refractivity contribution < 1.29 is 0 Å². The summed E-state index contributed by atoms with van der Waals surface area (Å²) >= 11 is 0. The molecule has 1 heteroatoms. The van der Waals surface area contributed by atoms with E-state index in [0.29, 0.717) is 6.04 Å². The van der Waals surface area contributed by atoms with Crippen LogP contribution >= 0.6 is 0 Å². The average molecular weight is 109 g/mol. The van der Waals surface area contributed by atoms with E-state index in [4.69, 9.17) is 0 Å². The number of allylic oxidation sites excluding steroid dienone is 1. The Morgan fingerprint density at radius 1 is 1.75 bits per heavy atom. The van der Waals surface area contributed by atoms with Crippen molar-refractivity contribution in [3.05, 3.63) is 11.6 Å². The number of hydrogen-bond donors (Lipinski definition) is 0. The first kappa shape index (κ1) is 5.54. The standard InChI is InChI=1S/C7H11N/c1-3-7-4-6(2)8-5-7/h4-6H,3H2,1-2H3. The zero-order chi connectivity index (χ0) is 5.98. The molecule has 1 unspecified atom stereocenters. The van der Waals surface area contributed by atoms with Crippen LogP contribution in [0.1, 0.15) is 20.3 Å². The van der Waals surface area contributed by atoms with Crippen LogP contribution in [0.25, 0.3) is 0 Å². The number of hydrogen-bond acceptors (Lipinski definition) is 1. The van der Waals surface area contributed by atoms with Crippen molar-refractivity contribution in [1.82, 2.24) is 0 Å². The fourth-order valence-electron chi connectivity index (χ4n) is 0.818. The Labute approximate surface area is 50.1 Å². The van der Waals surface area contributed by atoms with E-state index in [1.54, 1.807) is 0 Å². The molecule has 0 aromatic heterocycles. The molecular formula is C7H11N. The SMILES string of the molecule is CCC1=CC(C)N=C1. The second kappa shape index (κ2) is 2.12. The van der Waals surface area contributed by atoms with Gasteiger partial charge in [0, 0.05) is 6.21 Å². The van der Waals surface area contributed by atoms with Crippen LogP contribution in [0.2, 0.25) is 0 Å². The van der Waals surface area contributed by atoms with Gasteiger partial charge in [-0.3, -0.25) is 4.99 Å². The van der Waals surface area contributed by atoms with Gasteiger partial charge in [-0.15, -0.1) is 0 Å². The summed E-state index contributed by atoms with van der Waals surface area (Å²) in [6.07, 6.45) is 5.28. The summed E-state index contributed by atoms with van der Waals surface area (Å²) < 4.78 is 0. The zero-order valence-electron chi connectivity index (χ0n) is 5.39. The van der Waals surface area contributed by atoms with Crippen LogP contribution in [-0.2, 0) is 0 Å². The summed E-state index contributed by atoms with van der Waals surface area (Å²) in [6.45, 7) is 4.25. The normalized spacial score (nSPS) is 26.2. The monoisotopic (exact) mass is 109 g/mol. The van der Waals surface area contributed by atoms with Gasteiger partial charge >= 0.3 is 0 Å². The molecule has 1 aliphatic rings. The van der Waals surface area contributed by atoms with Crippen molar-refractivity contribution >= 4 is 6.21 Å². The van der Waals surface area contributed by atoms with Gasteiger partial charge in [-0.1, -0.05) is 13.0 Å². The second-order valence-corrected chi connectivity index (χ2v) is 2.11. The van der Waals surface area contributed by atoms with Crippen LogP contribution in [0, 0.1) is 0 Å². The molecule has 1 rings (SSSR count). The van der Waals surface area contributed by atoms with Crippen molar-refractivity contribution in [2.24, 2.45) is 4.99 Å². The predicted octanol–water partition coefficient (Wildman–Crippen LogP) is 1.80. The number of aliphatic imine (C=N–C) groups is 1. The summed E-state index contributed by atoms with van der Waals surface area (Å²) in [7, 11) is 0. The molecule has 0 amide bonds. The van der Waals surface area contributed by atoms with E-state index >= 15 is 0 Å². The minimum Gasteiger partial charge on any atom is -0.286 e. The van der Waals surface area contributed by atoms with Gasteiger partial charge in [-0.05, 0) is 18.9 Å². The van der Waals surface area contributed by atoms with Gasteiger partial charge in [0.05, 0.1) is 6.04 Å². The smallest absolute Gasteiger partial charge is 0.0657 e. The van der Waals surface area contributed by atoms with E-state index in [-0.39, 0.29) is 0 Å². The van der Waals surface area contributed by atoms with Gasteiger partial charge < -0.3 is 0 Å². The van der Waals surface area contributed by atoms with Crippen molar-refractivity contribution in [3.63, 3.8) is 0 Å². The molecule has 0 N–H and O–H groups in total. The molecule has 44 valence electrons. The lowest BCUT2D eigenvalue weighted by molar-refractivity contribution is 0.945.